The Hall–Kier alpha value is -0.300. The van der Waals surface area contributed by atoms with Gasteiger partial charge < -0.3 is 8.38 Å². The van der Waals surface area contributed by atoms with Gasteiger partial charge >= 0.3 is 0 Å². The first-order chi connectivity index (χ1) is 14.7. The van der Waals surface area contributed by atoms with Gasteiger partial charge in [0, 0.05) is 11.0 Å². The van der Waals surface area contributed by atoms with Crippen molar-refractivity contribution in [2.24, 2.45) is 0 Å². The lowest BCUT2D eigenvalue weighted by Crippen LogP contribution is -2.24. The maximum absolute atomic E-state index is 12.3. The van der Waals surface area contributed by atoms with Gasteiger partial charge in [0.1, 0.15) is 5.75 Å². The molecular formula is C25H41BrINO2. The normalized spacial score (nSPS) is 10.9. The van der Waals surface area contributed by atoms with Gasteiger partial charge in [-0.25, -0.2) is 0 Å². The van der Waals surface area contributed by atoms with Gasteiger partial charge in [0.05, 0.1) is 5.56 Å². The summed E-state index contributed by atoms with van der Waals surface area (Å²) in [4.78, 5) is 12.3. The van der Waals surface area contributed by atoms with E-state index in [1.165, 1.54) is 96.3 Å². The van der Waals surface area contributed by atoms with E-state index in [2.05, 4.69) is 28.2 Å². The first-order valence-corrected chi connectivity index (χ1v) is 13.7. The fourth-order valence-electron chi connectivity index (χ4n) is 3.72. The molecule has 30 heavy (non-hydrogen) atoms. The van der Waals surface area contributed by atoms with E-state index in [4.69, 9.17) is 3.07 Å². The molecule has 0 atom stereocenters. The Morgan fingerprint density at radius 1 is 0.833 bits per heavy atom. The molecule has 172 valence electrons. The molecule has 3 nitrogen and oxygen atoms in total. The average Bonchev–Trinajstić information content (AvgIpc) is 2.75. The Balaban J connectivity index is 1.89. The Bertz CT molecular complexity index is 568. The van der Waals surface area contributed by atoms with Crippen LogP contribution in [0.2, 0.25) is 0 Å². The number of hydrogen-bond donors (Lipinski definition) is 1. The van der Waals surface area contributed by atoms with Gasteiger partial charge in [-0.3, -0.25) is 4.79 Å². The van der Waals surface area contributed by atoms with Gasteiger partial charge in [-0.05, 0) is 24.6 Å². The summed E-state index contributed by atoms with van der Waals surface area (Å²) in [5, 5.41) is 3.01. The van der Waals surface area contributed by atoms with Crippen LogP contribution in [0.15, 0.2) is 22.7 Å². The van der Waals surface area contributed by atoms with Gasteiger partial charge in [0.15, 0.2) is 23.0 Å². The minimum Gasteiger partial charge on any atom is -0.427 e. The van der Waals surface area contributed by atoms with Gasteiger partial charge in [-0.1, -0.05) is 119 Å². The van der Waals surface area contributed by atoms with E-state index in [0.29, 0.717) is 11.3 Å². The molecule has 0 aromatic heterocycles. The van der Waals surface area contributed by atoms with Crippen LogP contribution in [0.1, 0.15) is 120 Å². The van der Waals surface area contributed by atoms with Crippen LogP contribution >= 0.6 is 38.9 Å². The summed E-state index contributed by atoms with van der Waals surface area (Å²) >= 11 is 5.22. The first kappa shape index (κ1) is 27.7. The molecule has 0 heterocycles. The molecule has 1 aromatic rings. The predicted octanol–water partition coefficient (Wildman–Crippen LogP) is 9.17. The fourth-order valence-corrected chi connectivity index (χ4v) is 4.46. The number of carbonyl (C=O) groups excluding carboxylic acids is 1. The smallest absolute Gasteiger partial charge is 0.255 e. The summed E-state index contributed by atoms with van der Waals surface area (Å²) < 4.78 is 6.13. The standard InChI is InChI=1S/C25H41BrINO2/c1-2-3-4-5-6-7-8-9-10-11-12-13-14-15-16-17-20-28-25(29)23-21-22(26)18-19-24(23)30-27/h18-19,21H,2-17,20H2,1H3,(H,28,29). The zero-order valence-electron chi connectivity index (χ0n) is 18.8. The minimum atomic E-state index is -0.0658. The molecule has 0 radical (unpaired) electrons. The Morgan fingerprint density at radius 3 is 1.77 bits per heavy atom. The summed E-state index contributed by atoms with van der Waals surface area (Å²) in [7, 11) is 0. The molecule has 0 spiro atoms. The second-order valence-corrected chi connectivity index (χ2v) is 9.63. The van der Waals surface area contributed by atoms with Crippen molar-refractivity contribution >= 4 is 44.8 Å². The van der Waals surface area contributed by atoms with Crippen molar-refractivity contribution in [3.8, 4) is 5.75 Å². The molecule has 0 aliphatic carbocycles. The van der Waals surface area contributed by atoms with Crippen molar-refractivity contribution in [3.05, 3.63) is 28.2 Å². The van der Waals surface area contributed by atoms with Crippen LogP contribution in [-0.2, 0) is 0 Å². The summed E-state index contributed by atoms with van der Waals surface area (Å²) in [6.45, 7) is 3.01. The summed E-state index contributed by atoms with van der Waals surface area (Å²) in [5.41, 5.74) is 0.579. The number of halogens is 2. The number of hydrogen-bond acceptors (Lipinski definition) is 2. The summed E-state index contributed by atoms with van der Waals surface area (Å²) in [6.07, 6.45) is 21.8. The molecule has 0 fully saturated rings. The lowest BCUT2D eigenvalue weighted by molar-refractivity contribution is 0.0951. The molecule has 5 heteroatoms. The van der Waals surface area contributed by atoms with Crippen molar-refractivity contribution in [2.45, 2.75) is 110 Å². The Labute approximate surface area is 207 Å². The van der Waals surface area contributed by atoms with Crippen LogP contribution in [0.3, 0.4) is 0 Å². The molecular weight excluding hydrogens is 553 g/mol. The van der Waals surface area contributed by atoms with Crippen LogP contribution in [0.25, 0.3) is 0 Å². The molecule has 1 rings (SSSR count). The summed E-state index contributed by atoms with van der Waals surface area (Å²) in [5.74, 6) is 0.534. The highest BCUT2D eigenvalue weighted by atomic mass is 127. The second-order valence-electron chi connectivity index (χ2n) is 8.28. The van der Waals surface area contributed by atoms with Gasteiger partial charge in [0.2, 0.25) is 0 Å². The Morgan fingerprint density at radius 2 is 1.30 bits per heavy atom. The third-order valence-electron chi connectivity index (χ3n) is 5.59. The van der Waals surface area contributed by atoms with E-state index >= 15 is 0 Å². The van der Waals surface area contributed by atoms with Crippen molar-refractivity contribution in [1.29, 1.82) is 0 Å². The molecule has 0 saturated heterocycles. The van der Waals surface area contributed by atoms with Gasteiger partial charge in [-0.15, -0.1) is 0 Å². The van der Waals surface area contributed by atoms with Crippen molar-refractivity contribution < 1.29 is 7.86 Å². The Kier molecular flexibility index (Phi) is 17.9. The number of nitrogens with one attached hydrogen (secondary N) is 1. The maximum atomic E-state index is 12.3. The van der Waals surface area contributed by atoms with E-state index in [9.17, 15) is 4.79 Å². The number of carbonyl (C=O) groups is 1. The molecule has 0 aliphatic heterocycles. The molecule has 1 amide bonds. The molecule has 0 aliphatic rings. The predicted molar refractivity (Wildman–Crippen MR) is 141 cm³/mol. The quantitative estimate of drug-likeness (QED) is 0.128. The third-order valence-corrected chi connectivity index (χ3v) is 6.55. The molecule has 0 unspecified atom stereocenters. The van der Waals surface area contributed by atoms with Crippen molar-refractivity contribution in [2.75, 3.05) is 6.54 Å². The molecule has 0 saturated carbocycles. The zero-order valence-corrected chi connectivity index (χ0v) is 22.6. The van der Waals surface area contributed by atoms with E-state index in [-0.39, 0.29) is 5.91 Å². The third kappa shape index (κ3) is 13.9. The molecule has 1 N–H and O–H groups in total. The second kappa shape index (κ2) is 19.4. The van der Waals surface area contributed by atoms with Crippen LogP contribution < -0.4 is 8.38 Å². The lowest BCUT2D eigenvalue weighted by Gasteiger charge is -2.09. The minimum absolute atomic E-state index is 0.0658. The first-order valence-electron chi connectivity index (χ1n) is 12.1. The van der Waals surface area contributed by atoms with Crippen LogP contribution in [-0.4, -0.2) is 12.5 Å². The van der Waals surface area contributed by atoms with Crippen molar-refractivity contribution in [1.82, 2.24) is 5.32 Å². The number of amides is 1. The summed E-state index contributed by atoms with van der Waals surface area (Å²) in [6, 6.07) is 5.48. The van der Waals surface area contributed by atoms with Crippen LogP contribution in [0.4, 0.5) is 0 Å². The SMILES string of the molecule is CCCCCCCCCCCCCCCCCCNC(=O)c1cc(Br)ccc1OI. The van der Waals surface area contributed by atoms with E-state index in [1.54, 1.807) is 12.1 Å². The van der Waals surface area contributed by atoms with Crippen molar-refractivity contribution in [3.63, 3.8) is 0 Å². The number of benzene rings is 1. The van der Waals surface area contributed by atoms with E-state index in [1.807, 2.05) is 29.1 Å². The van der Waals surface area contributed by atoms with E-state index in [0.717, 1.165) is 17.4 Å². The lowest BCUT2D eigenvalue weighted by atomic mass is 10.0. The van der Waals surface area contributed by atoms with Crippen LogP contribution in [0.5, 0.6) is 5.75 Å². The molecule has 1 aromatic carbocycles. The monoisotopic (exact) mass is 593 g/mol. The van der Waals surface area contributed by atoms with Gasteiger partial charge in [-0.2, -0.15) is 0 Å². The van der Waals surface area contributed by atoms with Gasteiger partial charge in [0.25, 0.3) is 5.91 Å². The largest absolute Gasteiger partial charge is 0.427 e. The number of unbranched alkanes of at least 4 members (excludes halogenated alkanes) is 15. The highest BCUT2D eigenvalue weighted by Gasteiger charge is 2.12. The zero-order chi connectivity index (χ0) is 21.9. The average molecular weight is 594 g/mol. The van der Waals surface area contributed by atoms with E-state index < -0.39 is 0 Å². The maximum Gasteiger partial charge on any atom is 0.255 e. The number of rotatable bonds is 19. The fraction of sp³-hybridized carbons (Fsp3) is 0.720. The van der Waals surface area contributed by atoms with Crippen LogP contribution in [0, 0.1) is 0 Å². The molecule has 0 bridgehead atoms. The topological polar surface area (TPSA) is 38.3 Å². The highest BCUT2D eigenvalue weighted by molar-refractivity contribution is 14.1. The highest BCUT2D eigenvalue weighted by Crippen LogP contribution is 2.24.